The Kier molecular flexibility index (Phi) is 6.41. The van der Waals surface area contributed by atoms with Gasteiger partial charge in [0.2, 0.25) is 5.91 Å². The summed E-state index contributed by atoms with van der Waals surface area (Å²) in [5.74, 6) is 2.65. The van der Waals surface area contributed by atoms with Crippen LogP contribution >= 0.6 is 0 Å². The highest BCUT2D eigenvalue weighted by molar-refractivity contribution is 6.01. The predicted molar refractivity (Wildman–Crippen MR) is 144 cm³/mol. The molecule has 2 aliphatic carbocycles. The Labute approximate surface area is 217 Å². The van der Waals surface area contributed by atoms with Crippen LogP contribution in [0, 0.1) is 17.8 Å². The van der Waals surface area contributed by atoms with Crippen LogP contribution in [0.4, 0.5) is 5.69 Å². The summed E-state index contributed by atoms with van der Waals surface area (Å²) in [4.78, 5) is 39.9. The lowest BCUT2D eigenvalue weighted by molar-refractivity contribution is -0.127. The number of carbonyl (C=O) groups excluding carboxylic acids is 3. The van der Waals surface area contributed by atoms with Crippen LogP contribution in [0.1, 0.15) is 68.8 Å². The Bertz CT molecular complexity index is 1400. The lowest BCUT2D eigenvalue weighted by Crippen LogP contribution is -2.56. The highest BCUT2D eigenvalue weighted by Crippen LogP contribution is 2.49. The Balaban J connectivity index is 1.36. The Morgan fingerprint density at radius 3 is 2.27 bits per heavy atom. The molecule has 2 saturated carbocycles. The third-order valence-electron chi connectivity index (χ3n) is 8.06. The van der Waals surface area contributed by atoms with Crippen molar-refractivity contribution in [3.8, 4) is 23.5 Å². The second-order valence-corrected chi connectivity index (χ2v) is 10.6. The minimum absolute atomic E-state index is 0.0321. The van der Waals surface area contributed by atoms with E-state index < -0.39 is 5.54 Å². The van der Waals surface area contributed by atoms with Crippen molar-refractivity contribution < 1.29 is 18.8 Å². The molecule has 6 nitrogen and oxygen atoms in total. The quantitative estimate of drug-likeness (QED) is 0.414. The third-order valence-corrected chi connectivity index (χ3v) is 8.06. The number of fused-ring (bicyclic) bond motifs is 1. The summed E-state index contributed by atoms with van der Waals surface area (Å²) in [6.45, 7) is 1.53. The first kappa shape index (κ1) is 24.8. The number of carbonyl (C=O) groups is 3. The van der Waals surface area contributed by atoms with Crippen LogP contribution in [0.2, 0.25) is 0 Å². The van der Waals surface area contributed by atoms with E-state index in [1.54, 1.807) is 18.0 Å². The van der Waals surface area contributed by atoms with Gasteiger partial charge in [0, 0.05) is 36.9 Å². The number of benzene rings is 2. The fourth-order valence-electron chi connectivity index (χ4n) is 5.29. The van der Waals surface area contributed by atoms with E-state index in [0.29, 0.717) is 24.8 Å². The number of amides is 2. The first-order chi connectivity index (χ1) is 17.7. The maximum atomic E-state index is 13.4. The largest absolute Gasteiger partial charge is 0.451 e. The SMILES string of the molecule is C#CC1(CC(=O)C2(NC(=O)c3cc4ccc(-c5ccc(N(C)C(C)=O)cc5)cc4o3)CCCCC2)CC1. The summed E-state index contributed by atoms with van der Waals surface area (Å²) in [6.07, 6.45) is 11.9. The van der Waals surface area contributed by atoms with Crippen LogP contribution in [0.25, 0.3) is 22.1 Å². The molecule has 0 atom stereocenters. The van der Waals surface area contributed by atoms with Gasteiger partial charge in [0.05, 0.1) is 5.54 Å². The van der Waals surface area contributed by atoms with Gasteiger partial charge >= 0.3 is 0 Å². The number of furan rings is 1. The minimum Gasteiger partial charge on any atom is -0.451 e. The lowest BCUT2D eigenvalue weighted by atomic mass is 9.75. The van der Waals surface area contributed by atoms with E-state index in [1.165, 1.54) is 6.92 Å². The summed E-state index contributed by atoms with van der Waals surface area (Å²) >= 11 is 0. The maximum Gasteiger partial charge on any atom is 0.287 e. The molecule has 190 valence electrons. The molecule has 2 aliphatic rings. The molecule has 5 rings (SSSR count). The van der Waals surface area contributed by atoms with Gasteiger partial charge < -0.3 is 14.6 Å². The summed E-state index contributed by atoms with van der Waals surface area (Å²) in [5, 5.41) is 3.89. The summed E-state index contributed by atoms with van der Waals surface area (Å²) < 4.78 is 5.98. The molecule has 2 aromatic carbocycles. The van der Waals surface area contributed by atoms with Crippen LogP contribution in [-0.2, 0) is 9.59 Å². The van der Waals surface area contributed by atoms with Crippen molar-refractivity contribution in [2.45, 2.75) is 63.8 Å². The van der Waals surface area contributed by atoms with E-state index in [4.69, 9.17) is 10.8 Å². The fraction of sp³-hybridized carbons (Fsp3) is 0.387. The van der Waals surface area contributed by atoms with E-state index in [2.05, 4.69) is 11.2 Å². The van der Waals surface area contributed by atoms with Gasteiger partial charge in [0.15, 0.2) is 11.5 Å². The van der Waals surface area contributed by atoms with E-state index in [0.717, 1.165) is 54.3 Å². The molecule has 1 aromatic heterocycles. The topological polar surface area (TPSA) is 79.6 Å². The zero-order valence-corrected chi connectivity index (χ0v) is 21.4. The Morgan fingerprint density at radius 2 is 1.65 bits per heavy atom. The number of nitrogens with one attached hydrogen (secondary N) is 1. The second-order valence-electron chi connectivity index (χ2n) is 10.6. The van der Waals surface area contributed by atoms with Crippen LogP contribution in [-0.4, -0.2) is 30.2 Å². The number of ketones is 1. The number of hydrogen-bond acceptors (Lipinski definition) is 4. The van der Waals surface area contributed by atoms with Gasteiger partial charge in [-0.2, -0.15) is 0 Å². The van der Waals surface area contributed by atoms with Crippen molar-refractivity contribution >= 4 is 34.3 Å². The van der Waals surface area contributed by atoms with Gasteiger partial charge in [0.1, 0.15) is 5.58 Å². The van der Waals surface area contributed by atoms with E-state index in [1.807, 2.05) is 42.5 Å². The first-order valence-corrected chi connectivity index (χ1v) is 13.0. The summed E-state index contributed by atoms with van der Waals surface area (Å²) in [6, 6.07) is 15.2. The van der Waals surface area contributed by atoms with Crippen molar-refractivity contribution in [1.82, 2.24) is 5.32 Å². The van der Waals surface area contributed by atoms with Crippen LogP contribution in [0.3, 0.4) is 0 Å². The summed E-state index contributed by atoms with van der Waals surface area (Å²) in [5.41, 5.74) is 2.13. The van der Waals surface area contributed by atoms with Crippen molar-refractivity contribution in [2.75, 3.05) is 11.9 Å². The lowest BCUT2D eigenvalue weighted by Gasteiger charge is -2.37. The number of nitrogens with zero attached hydrogens (tertiary/aromatic N) is 1. The number of rotatable bonds is 7. The standard InChI is InChI=1S/C31H32N2O4/c1-4-30(16-17-30)20-28(35)31(14-6-5-7-15-31)32-29(36)27-19-24-9-8-23(18-26(24)37-27)22-10-12-25(13-11-22)33(3)21(2)34/h1,8-13,18-19H,5-7,14-17,20H2,2-3H3,(H,32,36). The van der Waals surface area contributed by atoms with Gasteiger partial charge in [-0.15, -0.1) is 6.42 Å². The zero-order chi connectivity index (χ0) is 26.2. The molecule has 0 spiro atoms. The molecule has 2 fully saturated rings. The monoisotopic (exact) mass is 496 g/mol. The predicted octanol–water partition coefficient (Wildman–Crippen LogP) is 5.89. The van der Waals surface area contributed by atoms with Crippen LogP contribution in [0.15, 0.2) is 52.9 Å². The van der Waals surface area contributed by atoms with Crippen molar-refractivity contribution in [1.29, 1.82) is 0 Å². The van der Waals surface area contributed by atoms with Gasteiger partial charge in [-0.25, -0.2) is 0 Å². The Hall–Kier alpha value is -3.85. The molecule has 0 saturated heterocycles. The molecule has 0 radical (unpaired) electrons. The summed E-state index contributed by atoms with van der Waals surface area (Å²) in [7, 11) is 1.74. The maximum absolute atomic E-state index is 13.4. The average molecular weight is 497 g/mol. The minimum atomic E-state index is -0.874. The number of anilines is 1. The third kappa shape index (κ3) is 4.91. The van der Waals surface area contributed by atoms with Gasteiger partial charge in [-0.05, 0) is 61.1 Å². The van der Waals surface area contributed by atoms with Crippen LogP contribution < -0.4 is 10.2 Å². The smallest absolute Gasteiger partial charge is 0.287 e. The number of Topliss-reactive ketones (excluding diaryl/α,β-unsaturated/α-hetero) is 1. The number of hydrogen-bond donors (Lipinski definition) is 1. The first-order valence-electron chi connectivity index (χ1n) is 13.0. The molecule has 2 amide bonds. The van der Waals surface area contributed by atoms with Gasteiger partial charge in [0.25, 0.3) is 5.91 Å². The molecular formula is C31H32N2O4. The molecule has 0 aliphatic heterocycles. The molecule has 3 aromatic rings. The molecule has 6 heteroatoms. The molecular weight excluding hydrogens is 464 g/mol. The molecule has 1 N–H and O–H groups in total. The molecule has 37 heavy (non-hydrogen) atoms. The zero-order valence-electron chi connectivity index (χ0n) is 21.4. The van der Waals surface area contributed by atoms with Gasteiger partial charge in [-0.1, -0.05) is 49.4 Å². The van der Waals surface area contributed by atoms with E-state index >= 15 is 0 Å². The highest BCUT2D eigenvalue weighted by atomic mass is 16.3. The molecule has 1 heterocycles. The van der Waals surface area contributed by atoms with Gasteiger partial charge in [-0.3, -0.25) is 14.4 Å². The van der Waals surface area contributed by atoms with Crippen LogP contribution in [0.5, 0.6) is 0 Å². The molecule has 0 bridgehead atoms. The normalized spacial score (nSPS) is 17.5. The van der Waals surface area contributed by atoms with E-state index in [-0.39, 0.29) is 28.8 Å². The number of terminal acetylenes is 1. The van der Waals surface area contributed by atoms with Crippen molar-refractivity contribution in [3.63, 3.8) is 0 Å². The fourth-order valence-corrected chi connectivity index (χ4v) is 5.29. The van der Waals surface area contributed by atoms with Crippen molar-refractivity contribution in [3.05, 3.63) is 54.3 Å². The van der Waals surface area contributed by atoms with Crippen molar-refractivity contribution in [2.24, 2.45) is 5.41 Å². The highest BCUT2D eigenvalue weighted by Gasteiger charge is 2.49. The average Bonchev–Trinajstić information content (AvgIpc) is 3.55. The Morgan fingerprint density at radius 1 is 0.973 bits per heavy atom. The second kappa shape index (κ2) is 9.55. The van der Waals surface area contributed by atoms with E-state index in [9.17, 15) is 14.4 Å². The molecule has 0 unspecified atom stereocenters.